The fourth-order valence-corrected chi connectivity index (χ4v) is 1.89. The molecule has 0 fully saturated rings. The van der Waals surface area contributed by atoms with Crippen LogP contribution in [0.1, 0.15) is 0 Å². The molecular formula is C8H6Cl2N2O2S. The van der Waals surface area contributed by atoms with Gasteiger partial charge >= 0.3 is 0 Å². The molecule has 0 bridgehead atoms. The number of benzene rings is 1. The van der Waals surface area contributed by atoms with Crippen molar-refractivity contribution in [2.24, 2.45) is 0 Å². The largest absolute Gasteiger partial charge is 0.283 e. The number of anilines is 1. The minimum atomic E-state index is -3.63. The van der Waals surface area contributed by atoms with Crippen LogP contribution in [-0.4, -0.2) is 14.2 Å². The Kier molecular flexibility index (Phi) is 3.80. The molecule has 0 saturated heterocycles. The quantitative estimate of drug-likeness (QED) is 0.911. The molecule has 1 aromatic rings. The van der Waals surface area contributed by atoms with Crippen LogP contribution in [0.4, 0.5) is 5.69 Å². The Morgan fingerprint density at radius 2 is 2.00 bits per heavy atom. The normalized spacial score (nSPS) is 10.7. The minimum absolute atomic E-state index is 0.244. The van der Waals surface area contributed by atoms with Crippen molar-refractivity contribution < 1.29 is 8.42 Å². The second kappa shape index (κ2) is 4.71. The van der Waals surface area contributed by atoms with E-state index in [1.54, 1.807) is 6.07 Å². The van der Waals surface area contributed by atoms with E-state index >= 15 is 0 Å². The maximum Gasteiger partial charge on any atom is 0.246 e. The number of nitrogens with zero attached hydrogens (tertiary/aromatic N) is 1. The average Bonchev–Trinajstić information content (AvgIpc) is 2.10. The molecule has 0 spiro atoms. The Balaban J connectivity index is 2.92. The summed E-state index contributed by atoms with van der Waals surface area (Å²) in [5, 5.41) is 8.84. The van der Waals surface area contributed by atoms with Gasteiger partial charge in [0.25, 0.3) is 0 Å². The second-order valence-electron chi connectivity index (χ2n) is 2.65. The molecule has 7 heteroatoms. The lowest BCUT2D eigenvalue weighted by molar-refractivity contribution is 0.604. The Morgan fingerprint density at radius 1 is 1.33 bits per heavy atom. The molecule has 4 nitrogen and oxygen atoms in total. The van der Waals surface area contributed by atoms with E-state index < -0.39 is 15.8 Å². The molecule has 0 aromatic heterocycles. The lowest BCUT2D eigenvalue weighted by atomic mass is 10.3. The zero-order valence-electron chi connectivity index (χ0n) is 7.37. The Bertz CT molecular complexity index is 508. The summed E-state index contributed by atoms with van der Waals surface area (Å²) in [6.45, 7) is 0. The zero-order valence-corrected chi connectivity index (χ0v) is 9.70. The highest BCUT2D eigenvalue weighted by molar-refractivity contribution is 7.92. The number of hydrogen-bond acceptors (Lipinski definition) is 3. The second-order valence-corrected chi connectivity index (χ2v) is 5.18. The highest BCUT2D eigenvalue weighted by Crippen LogP contribution is 2.25. The van der Waals surface area contributed by atoms with Crippen LogP contribution in [0.3, 0.4) is 0 Å². The fourth-order valence-electron chi connectivity index (χ4n) is 0.860. The van der Waals surface area contributed by atoms with Gasteiger partial charge < -0.3 is 0 Å². The standard InChI is InChI=1S/C8H6Cl2N2O2S/c9-7-2-1-6(5-8(7)10)12-15(13,14)4-3-11/h1-2,5,12H,4H2. The van der Waals surface area contributed by atoms with Crippen LogP contribution in [0.5, 0.6) is 0 Å². The molecule has 0 saturated carbocycles. The molecule has 0 aliphatic carbocycles. The molecule has 1 rings (SSSR count). The predicted molar refractivity (Wildman–Crippen MR) is 59.5 cm³/mol. The van der Waals surface area contributed by atoms with Crippen molar-refractivity contribution in [3.8, 4) is 6.07 Å². The van der Waals surface area contributed by atoms with Gasteiger partial charge in [-0.3, -0.25) is 4.72 Å². The van der Waals surface area contributed by atoms with E-state index in [0.29, 0.717) is 5.02 Å². The van der Waals surface area contributed by atoms with E-state index in [1.165, 1.54) is 18.2 Å². The summed E-state index contributed by atoms with van der Waals surface area (Å²) >= 11 is 11.3. The lowest BCUT2D eigenvalue weighted by Gasteiger charge is -2.05. The summed E-state index contributed by atoms with van der Waals surface area (Å²) in [4.78, 5) is 0. The highest BCUT2D eigenvalue weighted by Gasteiger charge is 2.10. The van der Waals surface area contributed by atoms with Crippen LogP contribution in [0.2, 0.25) is 10.0 Å². The van der Waals surface area contributed by atoms with E-state index in [-0.39, 0.29) is 10.7 Å². The van der Waals surface area contributed by atoms with E-state index in [4.69, 9.17) is 28.5 Å². The third-order valence-electron chi connectivity index (χ3n) is 1.45. The smallest absolute Gasteiger partial charge is 0.246 e. The Morgan fingerprint density at radius 3 is 2.53 bits per heavy atom. The predicted octanol–water partition coefficient (Wildman–Crippen LogP) is 2.26. The topological polar surface area (TPSA) is 70.0 Å². The first-order valence-corrected chi connectivity index (χ1v) is 6.18. The van der Waals surface area contributed by atoms with Crippen LogP contribution in [0, 0.1) is 11.3 Å². The fraction of sp³-hybridized carbons (Fsp3) is 0.125. The molecule has 0 amide bonds. The van der Waals surface area contributed by atoms with Crippen LogP contribution in [-0.2, 0) is 10.0 Å². The number of hydrogen-bond donors (Lipinski definition) is 1. The Hall–Kier alpha value is -0.960. The van der Waals surface area contributed by atoms with Gasteiger partial charge in [0.1, 0.15) is 0 Å². The molecule has 80 valence electrons. The van der Waals surface area contributed by atoms with E-state index in [9.17, 15) is 8.42 Å². The first-order valence-electron chi connectivity index (χ1n) is 3.77. The van der Waals surface area contributed by atoms with E-state index in [2.05, 4.69) is 4.72 Å². The van der Waals surface area contributed by atoms with Crippen molar-refractivity contribution >= 4 is 38.9 Å². The van der Waals surface area contributed by atoms with Gasteiger partial charge in [-0.2, -0.15) is 5.26 Å². The van der Waals surface area contributed by atoms with Crippen LogP contribution in [0.25, 0.3) is 0 Å². The number of sulfonamides is 1. The average molecular weight is 265 g/mol. The molecule has 0 unspecified atom stereocenters. The van der Waals surface area contributed by atoms with Gasteiger partial charge in [0.15, 0.2) is 5.75 Å². The van der Waals surface area contributed by atoms with E-state index in [0.717, 1.165) is 0 Å². The molecule has 0 radical (unpaired) electrons. The van der Waals surface area contributed by atoms with Gasteiger partial charge in [0, 0.05) is 0 Å². The third kappa shape index (κ3) is 3.59. The molecule has 0 heterocycles. The molecule has 0 aliphatic heterocycles. The van der Waals surface area contributed by atoms with Crippen molar-refractivity contribution in [1.29, 1.82) is 5.26 Å². The lowest BCUT2D eigenvalue weighted by Crippen LogP contribution is -2.15. The van der Waals surface area contributed by atoms with Gasteiger partial charge in [-0.1, -0.05) is 23.2 Å². The monoisotopic (exact) mass is 264 g/mol. The van der Waals surface area contributed by atoms with E-state index in [1.807, 2.05) is 0 Å². The highest BCUT2D eigenvalue weighted by atomic mass is 35.5. The van der Waals surface area contributed by atoms with Gasteiger partial charge in [0.2, 0.25) is 10.0 Å². The summed E-state index contributed by atoms with van der Waals surface area (Å²) < 4.78 is 24.6. The summed E-state index contributed by atoms with van der Waals surface area (Å²) in [6, 6.07) is 5.85. The van der Waals surface area contributed by atoms with Crippen molar-refractivity contribution in [3.05, 3.63) is 28.2 Å². The molecule has 0 atom stereocenters. The number of halogens is 2. The Labute approximate surface area is 97.5 Å². The molecular weight excluding hydrogens is 259 g/mol. The first-order chi connectivity index (χ1) is 6.94. The van der Waals surface area contributed by atoms with Crippen molar-refractivity contribution in [3.63, 3.8) is 0 Å². The van der Waals surface area contributed by atoms with Gasteiger partial charge in [-0.15, -0.1) is 0 Å². The first kappa shape index (κ1) is 12.1. The van der Waals surface area contributed by atoms with Crippen molar-refractivity contribution in [2.75, 3.05) is 10.5 Å². The SMILES string of the molecule is N#CCS(=O)(=O)Nc1ccc(Cl)c(Cl)c1. The summed E-state index contributed by atoms with van der Waals surface area (Å²) in [6.07, 6.45) is 0. The van der Waals surface area contributed by atoms with Crippen LogP contribution >= 0.6 is 23.2 Å². The number of nitrogens with one attached hydrogen (secondary N) is 1. The molecule has 15 heavy (non-hydrogen) atoms. The van der Waals surface area contributed by atoms with Gasteiger partial charge in [0.05, 0.1) is 21.8 Å². The maximum atomic E-state index is 11.2. The van der Waals surface area contributed by atoms with Crippen LogP contribution < -0.4 is 4.72 Å². The minimum Gasteiger partial charge on any atom is -0.283 e. The summed E-state index contributed by atoms with van der Waals surface area (Å²) in [5.41, 5.74) is 0.277. The molecule has 1 aromatic carbocycles. The van der Waals surface area contributed by atoms with Gasteiger partial charge in [-0.25, -0.2) is 8.42 Å². The molecule has 1 N–H and O–H groups in total. The van der Waals surface area contributed by atoms with Gasteiger partial charge in [-0.05, 0) is 18.2 Å². The molecule has 0 aliphatic rings. The summed E-state index contributed by atoms with van der Waals surface area (Å²) in [7, 11) is -3.63. The number of nitriles is 1. The van der Waals surface area contributed by atoms with Crippen molar-refractivity contribution in [2.45, 2.75) is 0 Å². The van der Waals surface area contributed by atoms with Crippen molar-refractivity contribution in [1.82, 2.24) is 0 Å². The van der Waals surface area contributed by atoms with Crippen LogP contribution in [0.15, 0.2) is 18.2 Å². The third-order valence-corrected chi connectivity index (χ3v) is 3.24. The maximum absolute atomic E-state index is 11.2. The zero-order chi connectivity index (χ0) is 11.5. The number of rotatable bonds is 3. The summed E-state index contributed by atoms with van der Waals surface area (Å²) in [5.74, 6) is -0.604.